The molecule has 0 spiro atoms. The third kappa shape index (κ3) is 17.2. The first-order chi connectivity index (χ1) is 24.4. The van der Waals surface area contributed by atoms with E-state index in [1.165, 1.54) is 94.1 Å². The van der Waals surface area contributed by atoms with Crippen molar-refractivity contribution in [2.75, 3.05) is 48.3 Å². The van der Waals surface area contributed by atoms with Gasteiger partial charge in [-0.1, -0.05) is 7.38 Å². The lowest BCUT2D eigenvalue weighted by Crippen LogP contribution is -2.08. The number of esters is 6. The monoisotopic (exact) mass is 695 g/mol. The second-order valence-electron chi connectivity index (χ2n) is 8.19. The first-order valence-corrected chi connectivity index (χ1v) is 13.5. The Morgan fingerprint density at radius 3 is 0.878 bits per heavy atom. The van der Waals surface area contributed by atoms with E-state index in [1.54, 1.807) is 6.92 Å². The van der Waals surface area contributed by atoms with E-state index in [0.29, 0.717) is 28.9 Å². The summed E-state index contributed by atoms with van der Waals surface area (Å²) in [5, 5.41) is 31.0. The Labute approximate surface area is 285 Å². The van der Waals surface area contributed by atoms with Gasteiger partial charge >= 0.3 is 35.8 Å². The number of aliphatic hydroxyl groups excluding tert-OH is 3. The van der Waals surface area contributed by atoms with Gasteiger partial charge < -0.3 is 48.8 Å². The molecule has 0 aliphatic heterocycles. The zero-order valence-corrected chi connectivity index (χ0v) is 27.2. The topological polar surface area (TPSA) is 239 Å². The fourth-order valence-corrected chi connectivity index (χ4v) is 3.08. The molecule has 49 heavy (non-hydrogen) atoms. The van der Waals surface area contributed by atoms with E-state index in [4.69, 9.17) is 27.9 Å². The summed E-state index contributed by atoms with van der Waals surface area (Å²) < 4.78 is 38.8. The average molecular weight is 696 g/mol. The van der Waals surface area contributed by atoms with Gasteiger partial charge in [0.25, 0.3) is 0 Å². The van der Waals surface area contributed by atoms with Gasteiger partial charge in [-0.15, -0.1) is 0 Å². The lowest BCUT2D eigenvalue weighted by Gasteiger charge is -2.03. The van der Waals surface area contributed by atoms with Crippen LogP contribution >= 0.6 is 0 Å². The molecule has 0 aliphatic carbocycles. The van der Waals surface area contributed by atoms with Crippen molar-refractivity contribution in [3.05, 3.63) is 106 Å². The zero-order chi connectivity index (χ0) is 39.2. The predicted octanol–water partition coefficient (Wildman–Crippen LogP) is 2.37. The summed E-state index contributed by atoms with van der Waals surface area (Å²) in [6.07, 6.45) is 0. The van der Waals surface area contributed by atoms with Crippen molar-refractivity contribution < 1.29 is 80.4 Å². The van der Waals surface area contributed by atoms with Crippen molar-refractivity contribution in [2.24, 2.45) is 0 Å². The second kappa shape index (κ2) is 26.4. The van der Waals surface area contributed by atoms with Gasteiger partial charge in [0.15, 0.2) is 13.6 Å². The molecule has 0 aromatic heterocycles. The SMILES string of the molecule is CCOC(=O)c1ccc(C(=O)OC)cc1.COC(=O)c1ccc(C(=O)OC)cc1.O=C(OCO)c1ccc(C(=O)OCO)cc1.OCO.[2H]C[3H]. The number of hydrogen-bond acceptors (Lipinski definition) is 16. The molecule has 16 heteroatoms. The van der Waals surface area contributed by atoms with Gasteiger partial charge in [-0.25, -0.2) is 28.8 Å². The first-order valence-electron chi connectivity index (χ1n) is 14.9. The summed E-state index contributed by atoms with van der Waals surface area (Å²) in [5.74, 6) is -3.06. The Kier molecular flexibility index (Phi) is 22.3. The number of rotatable bonds is 9. The molecule has 4 N–H and O–H groups in total. The average Bonchev–Trinajstić information content (AvgIpc) is 3.15. The molecule has 3 aromatic rings. The summed E-state index contributed by atoms with van der Waals surface area (Å²) in [7, 11) is 3.66. The van der Waals surface area contributed by atoms with Gasteiger partial charge in [0.05, 0.1) is 61.3 Å². The Hall–Kier alpha value is -5.68. The van der Waals surface area contributed by atoms with E-state index in [-0.39, 0.29) is 18.5 Å². The molecule has 0 saturated carbocycles. The normalized spacial score (nSPS) is 9.47. The van der Waals surface area contributed by atoms with Gasteiger partial charge in [0.2, 0.25) is 0 Å². The highest BCUT2D eigenvalue weighted by molar-refractivity contribution is 5.94. The highest BCUT2D eigenvalue weighted by Gasteiger charge is 2.11. The highest BCUT2D eigenvalue weighted by Crippen LogP contribution is 2.09. The molecule has 0 bridgehead atoms. The molecule has 0 amide bonds. The molecule has 0 aliphatic rings. The summed E-state index contributed by atoms with van der Waals surface area (Å²) in [4.78, 5) is 66.6. The summed E-state index contributed by atoms with van der Waals surface area (Å²) in [6.45, 7) is -0.0847. The fourth-order valence-electron chi connectivity index (χ4n) is 3.08. The van der Waals surface area contributed by atoms with Gasteiger partial charge in [-0.05, 0) is 79.7 Å². The lowest BCUT2D eigenvalue weighted by molar-refractivity contribution is 0.00523. The molecule has 0 atom stereocenters. The molecule has 0 radical (unpaired) electrons. The van der Waals surface area contributed by atoms with E-state index in [9.17, 15) is 28.8 Å². The number of hydrogen-bond donors (Lipinski definition) is 4. The molecule has 0 fully saturated rings. The molecule has 268 valence electrons. The third-order valence-corrected chi connectivity index (χ3v) is 5.29. The van der Waals surface area contributed by atoms with Crippen molar-refractivity contribution in [2.45, 2.75) is 14.3 Å². The molecule has 3 rings (SSSR count). The van der Waals surface area contributed by atoms with E-state index < -0.39 is 56.2 Å². The third-order valence-electron chi connectivity index (χ3n) is 5.29. The van der Waals surface area contributed by atoms with Gasteiger partial charge in [0.1, 0.15) is 6.79 Å². The number of carbonyl (C=O) groups excluding carboxylic acids is 6. The molecule has 3 aromatic carbocycles. The van der Waals surface area contributed by atoms with Crippen molar-refractivity contribution in [1.82, 2.24) is 0 Å². The Balaban J connectivity index is 0. The van der Waals surface area contributed by atoms with Crippen LogP contribution in [0.2, 0.25) is 0 Å². The molecule has 0 heterocycles. The first kappa shape index (κ1) is 41.3. The molecule has 0 unspecified atom stereocenters. The minimum Gasteiger partial charge on any atom is -0.465 e. The smallest absolute Gasteiger partial charge is 0.340 e. The molecular weight excluding hydrogens is 652 g/mol. The fraction of sp³-hybridized carbons (Fsp3) is 0.273. The van der Waals surface area contributed by atoms with E-state index in [0.717, 1.165) is 0 Å². The number of carbonyl (C=O) groups is 6. The van der Waals surface area contributed by atoms with Crippen LogP contribution in [0.3, 0.4) is 0 Å². The van der Waals surface area contributed by atoms with Crippen LogP contribution in [0.1, 0.15) is 79.2 Å². The quantitative estimate of drug-likeness (QED) is 0.143. The Morgan fingerprint density at radius 1 is 0.531 bits per heavy atom. The number of ether oxygens (including phenoxy) is 6. The summed E-state index contributed by atoms with van der Waals surface area (Å²) in [6, 6.07) is 17.6. The predicted molar refractivity (Wildman–Crippen MR) is 170 cm³/mol. The van der Waals surface area contributed by atoms with Crippen LogP contribution in [0.5, 0.6) is 0 Å². The van der Waals surface area contributed by atoms with Crippen LogP contribution in [0, 0.1) is 0 Å². The van der Waals surface area contributed by atoms with Crippen LogP contribution in [0.15, 0.2) is 72.8 Å². The maximum atomic E-state index is 11.3. The summed E-state index contributed by atoms with van der Waals surface area (Å²) >= 11 is 0. The number of benzene rings is 3. The van der Waals surface area contributed by atoms with Crippen molar-refractivity contribution in [3.63, 3.8) is 0 Å². The van der Waals surface area contributed by atoms with Crippen molar-refractivity contribution in [1.29, 1.82) is 0 Å². The van der Waals surface area contributed by atoms with Crippen LogP contribution in [0.4, 0.5) is 0 Å². The summed E-state index contributed by atoms with van der Waals surface area (Å²) in [5.41, 5.74) is 2.04. The van der Waals surface area contributed by atoms with Crippen molar-refractivity contribution >= 4 is 35.8 Å². The minimum atomic E-state index is -0.750. The van der Waals surface area contributed by atoms with Crippen LogP contribution in [-0.2, 0) is 28.4 Å². The van der Waals surface area contributed by atoms with Crippen LogP contribution in [0.25, 0.3) is 0 Å². The van der Waals surface area contributed by atoms with Crippen LogP contribution < -0.4 is 0 Å². The van der Waals surface area contributed by atoms with Crippen molar-refractivity contribution in [3.8, 4) is 0 Å². The zero-order valence-electron chi connectivity index (χ0n) is 29.2. The Bertz CT molecular complexity index is 1390. The standard InChI is InChI=1S/C11H12O4.C10H10O6.C10H10O4.CH4O2.CH4/c1-3-15-11(13)9-6-4-8(5-7-9)10(12)14-2;11-5-15-9(13)7-1-2-8(4-3-7)10(14)16-6-12;1-13-9(11)7-3-5-8(6-4-7)10(12)14-2;2-1-3;/h4-7H,3H2,1-2H3;1-4,11-12H,5-6H2;3-6H,1-2H3;2-3H,1H2;1H4/i;;;;1TD. The number of methoxy groups -OCH3 is 3. The van der Waals surface area contributed by atoms with Gasteiger partial charge in [-0.2, -0.15) is 0 Å². The maximum absolute atomic E-state index is 11.3. The van der Waals surface area contributed by atoms with E-state index in [1.807, 2.05) is 0 Å². The molecular formula is C33H40O16. The lowest BCUT2D eigenvalue weighted by atomic mass is 10.1. The maximum Gasteiger partial charge on any atom is 0.340 e. The highest BCUT2D eigenvalue weighted by atomic mass is 16.6. The largest absolute Gasteiger partial charge is 0.465 e. The van der Waals surface area contributed by atoms with E-state index in [2.05, 4.69) is 23.7 Å². The van der Waals surface area contributed by atoms with Gasteiger partial charge in [-0.3, -0.25) is 0 Å². The Morgan fingerprint density at radius 2 is 0.714 bits per heavy atom. The van der Waals surface area contributed by atoms with Gasteiger partial charge in [0, 0.05) is 2.74 Å². The van der Waals surface area contributed by atoms with E-state index >= 15 is 0 Å². The van der Waals surface area contributed by atoms with Crippen LogP contribution in [-0.4, -0.2) is 105 Å². The second-order valence-corrected chi connectivity index (χ2v) is 8.19. The molecule has 16 nitrogen and oxygen atoms in total. The number of aliphatic hydroxyl groups is 4. The minimum absolute atomic E-state index is 0.203. The molecule has 0 saturated heterocycles.